The van der Waals surface area contributed by atoms with E-state index in [1.807, 2.05) is 0 Å². The van der Waals surface area contributed by atoms with E-state index in [9.17, 15) is 4.79 Å². The van der Waals surface area contributed by atoms with Crippen LogP contribution in [0.2, 0.25) is 0 Å². The molecule has 0 radical (unpaired) electrons. The molecule has 1 amide bonds. The van der Waals surface area contributed by atoms with Gasteiger partial charge in [0.15, 0.2) is 0 Å². The van der Waals surface area contributed by atoms with Gasteiger partial charge in [-0.1, -0.05) is 12.1 Å². The molecule has 0 spiro atoms. The van der Waals surface area contributed by atoms with Gasteiger partial charge in [0, 0.05) is 35.7 Å². The lowest BCUT2D eigenvalue weighted by Crippen LogP contribution is -2.42. The Morgan fingerprint density at radius 3 is 2.68 bits per heavy atom. The van der Waals surface area contributed by atoms with E-state index in [1.165, 1.54) is 5.56 Å². The Morgan fingerprint density at radius 2 is 1.88 bits per heavy atom. The molecule has 132 valence electrons. The maximum Gasteiger partial charge on any atom is 0.256 e. The Balaban J connectivity index is 1.72. The largest absolute Gasteiger partial charge is 0.331 e. The van der Waals surface area contributed by atoms with Gasteiger partial charge in [0.1, 0.15) is 0 Å². The third-order valence-corrected chi connectivity index (χ3v) is 5.81. The average molecular weight is 337 g/mol. The molecule has 1 aromatic carbocycles. The summed E-state index contributed by atoms with van der Waals surface area (Å²) in [5, 5.41) is 3.48. The van der Waals surface area contributed by atoms with Crippen LogP contribution in [0.5, 0.6) is 0 Å². The fraction of sp³-hybridized carbons (Fsp3) is 0.476. The first-order chi connectivity index (χ1) is 12.1. The molecule has 0 aliphatic carbocycles. The molecule has 1 N–H and O–H groups in total. The van der Waals surface area contributed by atoms with E-state index in [0.717, 1.165) is 55.0 Å². The van der Waals surface area contributed by atoms with E-state index in [1.54, 1.807) is 0 Å². The second kappa shape index (κ2) is 6.34. The minimum absolute atomic E-state index is 0.211. The summed E-state index contributed by atoms with van der Waals surface area (Å²) in [4.78, 5) is 15.6. The van der Waals surface area contributed by atoms with Gasteiger partial charge < -0.3 is 14.8 Å². The Labute approximate surface area is 149 Å². The Morgan fingerprint density at radius 1 is 1.08 bits per heavy atom. The highest BCUT2D eigenvalue weighted by atomic mass is 16.2. The molecule has 25 heavy (non-hydrogen) atoms. The molecule has 4 heteroatoms. The predicted octanol–water partition coefficient (Wildman–Crippen LogP) is 3.37. The minimum atomic E-state index is 0.211. The molecular formula is C21H27N3O. The summed E-state index contributed by atoms with van der Waals surface area (Å²) in [6.07, 6.45) is 3.34. The van der Waals surface area contributed by atoms with Crippen molar-refractivity contribution in [3.63, 3.8) is 0 Å². The predicted molar refractivity (Wildman–Crippen MR) is 100 cm³/mol. The molecule has 2 atom stereocenters. The van der Waals surface area contributed by atoms with Crippen molar-refractivity contribution in [1.82, 2.24) is 14.8 Å². The summed E-state index contributed by atoms with van der Waals surface area (Å²) < 4.78 is 2.21. The fourth-order valence-electron chi connectivity index (χ4n) is 4.60. The summed E-state index contributed by atoms with van der Waals surface area (Å²) in [5.74, 6) is 0.211. The van der Waals surface area contributed by atoms with Crippen molar-refractivity contribution in [2.24, 2.45) is 0 Å². The smallest absolute Gasteiger partial charge is 0.256 e. The first-order valence-electron chi connectivity index (χ1n) is 9.35. The molecule has 2 bridgehead atoms. The fourth-order valence-corrected chi connectivity index (χ4v) is 4.60. The minimum Gasteiger partial charge on any atom is -0.331 e. The van der Waals surface area contributed by atoms with Gasteiger partial charge in [-0.15, -0.1) is 0 Å². The van der Waals surface area contributed by atoms with Crippen LogP contribution in [0.3, 0.4) is 0 Å². The lowest BCUT2D eigenvalue weighted by Gasteiger charge is -2.28. The summed E-state index contributed by atoms with van der Waals surface area (Å²) in [6, 6.07) is 11.3. The second-order valence-corrected chi connectivity index (χ2v) is 7.55. The van der Waals surface area contributed by atoms with Crippen LogP contribution in [0.1, 0.15) is 46.6 Å². The third-order valence-electron chi connectivity index (χ3n) is 5.81. The maximum absolute atomic E-state index is 13.4. The number of hydrogen-bond acceptors (Lipinski definition) is 2. The monoisotopic (exact) mass is 337 g/mol. The number of aryl methyl sites for hydroxylation is 2. The SMILES string of the molecule is Cc1cccc(-n2c(C)cc(C(=O)N3C4CCNCC3CC4)c2C)c1. The Hall–Kier alpha value is -2.07. The number of aromatic nitrogens is 1. The molecule has 1 aromatic heterocycles. The first-order valence-corrected chi connectivity index (χ1v) is 9.35. The lowest BCUT2D eigenvalue weighted by atomic mass is 10.1. The van der Waals surface area contributed by atoms with Gasteiger partial charge >= 0.3 is 0 Å². The molecule has 2 aromatic rings. The first kappa shape index (κ1) is 16.4. The van der Waals surface area contributed by atoms with E-state index in [2.05, 4.69) is 65.9 Å². The highest BCUT2D eigenvalue weighted by molar-refractivity contribution is 5.96. The molecule has 2 unspecified atom stereocenters. The molecule has 4 nitrogen and oxygen atoms in total. The zero-order valence-electron chi connectivity index (χ0n) is 15.4. The summed E-state index contributed by atoms with van der Waals surface area (Å²) in [6.45, 7) is 8.21. The van der Waals surface area contributed by atoms with Gasteiger partial charge in [-0.2, -0.15) is 0 Å². The summed E-state index contributed by atoms with van der Waals surface area (Å²) >= 11 is 0. The number of carbonyl (C=O) groups excluding carboxylic acids is 1. The van der Waals surface area contributed by atoms with Gasteiger partial charge in [0.25, 0.3) is 5.91 Å². The lowest BCUT2D eigenvalue weighted by molar-refractivity contribution is 0.0679. The molecular weight excluding hydrogens is 310 g/mol. The van der Waals surface area contributed by atoms with Gasteiger partial charge in [-0.05, 0) is 70.3 Å². The van der Waals surface area contributed by atoms with Crippen molar-refractivity contribution in [2.75, 3.05) is 13.1 Å². The van der Waals surface area contributed by atoms with Crippen LogP contribution >= 0.6 is 0 Å². The highest BCUT2D eigenvalue weighted by Gasteiger charge is 2.39. The third kappa shape index (κ3) is 2.78. The molecule has 4 rings (SSSR count). The van der Waals surface area contributed by atoms with Crippen molar-refractivity contribution in [3.05, 3.63) is 52.8 Å². The van der Waals surface area contributed by atoms with Crippen LogP contribution in [0.15, 0.2) is 30.3 Å². The summed E-state index contributed by atoms with van der Waals surface area (Å²) in [7, 11) is 0. The average Bonchev–Trinajstić information content (AvgIpc) is 3.01. The van der Waals surface area contributed by atoms with Crippen LogP contribution in [0, 0.1) is 20.8 Å². The van der Waals surface area contributed by atoms with Gasteiger partial charge in [-0.3, -0.25) is 4.79 Å². The number of hydrogen-bond donors (Lipinski definition) is 1. The van der Waals surface area contributed by atoms with E-state index >= 15 is 0 Å². The van der Waals surface area contributed by atoms with E-state index in [4.69, 9.17) is 0 Å². The van der Waals surface area contributed by atoms with Crippen molar-refractivity contribution >= 4 is 5.91 Å². The number of nitrogens with zero attached hydrogens (tertiary/aromatic N) is 2. The van der Waals surface area contributed by atoms with E-state index < -0.39 is 0 Å². The standard InChI is InChI=1S/C21H27N3O/c1-14-5-4-6-18(11-14)23-15(2)12-20(16(23)3)21(25)24-17-7-8-19(24)13-22-10-9-17/h4-6,11-12,17,19,22H,7-10,13H2,1-3H3. The highest BCUT2D eigenvalue weighted by Crippen LogP contribution is 2.31. The summed E-state index contributed by atoms with van der Waals surface area (Å²) in [5.41, 5.74) is 5.39. The number of fused-ring (bicyclic) bond motifs is 2. The second-order valence-electron chi connectivity index (χ2n) is 7.55. The zero-order valence-corrected chi connectivity index (χ0v) is 15.4. The molecule has 2 aliphatic heterocycles. The van der Waals surface area contributed by atoms with Crippen LogP contribution < -0.4 is 5.32 Å². The molecule has 2 aliphatic rings. The van der Waals surface area contributed by atoms with Crippen molar-refractivity contribution in [2.45, 2.75) is 52.1 Å². The number of nitrogens with one attached hydrogen (secondary N) is 1. The molecule has 3 heterocycles. The zero-order chi connectivity index (χ0) is 17.6. The molecule has 2 fully saturated rings. The normalized spacial score (nSPS) is 22.9. The van der Waals surface area contributed by atoms with Crippen molar-refractivity contribution in [3.8, 4) is 5.69 Å². The molecule has 0 saturated carbocycles. The van der Waals surface area contributed by atoms with Gasteiger partial charge in [-0.25, -0.2) is 0 Å². The number of benzene rings is 1. The van der Waals surface area contributed by atoms with Crippen LogP contribution in [-0.2, 0) is 0 Å². The van der Waals surface area contributed by atoms with Crippen molar-refractivity contribution < 1.29 is 4.79 Å². The number of carbonyl (C=O) groups is 1. The van der Waals surface area contributed by atoms with Crippen LogP contribution in [0.4, 0.5) is 0 Å². The maximum atomic E-state index is 13.4. The van der Waals surface area contributed by atoms with Gasteiger partial charge in [0.2, 0.25) is 0 Å². The quantitative estimate of drug-likeness (QED) is 0.912. The van der Waals surface area contributed by atoms with E-state index in [-0.39, 0.29) is 5.91 Å². The Bertz CT molecular complexity index is 793. The van der Waals surface area contributed by atoms with Crippen LogP contribution in [0.25, 0.3) is 5.69 Å². The van der Waals surface area contributed by atoms with E-state index in [0.29, 0.717) is 12.1 Å². The van der Waals surface area contributed by atoms with Gasteiger partial charge in [0.05, 0.1) is 5.56 Å². The Kier molecular flexibility index (Phi) is 4.16. The number of amides is 1. The van der Waals surface area contributed by atoms with Crippen LogP contribution in [-0.4, -0.2) is 40.5 Å². The van der Waals surface area contributed by atoms with Crippen molar-refractivity contribution in [1.29, 1.82) is 0 Å². The number of rotatable bonds is 2. The topological polar surface area (TPSA) is 37.3 Å². The molecule has 2 saturated heterocycles.